The zero-order chi connectivity index (χ0) is 16.7. The lowest BCUT2D eigenvalue weighted by Crippen LogP contribution is -2.46. The second-order valence-electron chi connectivity index (χ2n) is 6.25. The van der Waals surface area contributed by atoms with Gasteiger partial charge in [-0.15, -0.1) is 0 Å². The van der Waals surface area contributed by atoms with E-state index in [9.17, 15) is 9.90 Å². The van der Waals surface area contributed by atoms with Gasteiger partial charge in [0.15, 0.2) is 5.60 Å². The maximum atomic E-state index is 12.7. The van der Waals surface area contributed by atoms with Gasteiger partial charge in [0.1, 0.15) is 6.61 Å². The summed E-state index contributed by atoms with van der Waals surface area (Å²) in [5, 5.41) is 13.1. The number of likely N-dealkylation sites (N-methyl/N-ethyl adjacent to an activating group) is 1. The number of hydrazine groups is 1. The summed E-state index contributed by atoms with van der Waals surface area (Å²) in [4.78, 5) is 12.7. The van der Waals surface area contributed by atoms with Crippen LogP contribution in [0, 0.1) is 5.92 Å². The maximum Gasteiger partial charge on any atom is 0.343 e. The molecule has 0 radical (unpaired) electrons. The highest BCUT2D eigenvalue weighted by atomic mass is 16.5. The topological polar surface area (TPSA) is 61.8 Å². The Labute approximate surface area is 138 Å². The molecule has 0 aliphatic heterocycles. The quantitative estimate of drug-likeness (QED) is 0.595. The SMILES string of the molecule is CNN(C)CCOC(=O)C(O)(c1ccccc1)C1CCCCC1. The van der Waals surface area contributed by atoms with Gasteiger partial charge in [-0.2, -0.15) is 0 Å². The van der Waals surface area contributed by atoms with Gasteiger partial charge in [-0.1, -0.05) is 49.6 Å². The van der Waals surface area contributed by atoms with Gasteiger partial charge in [-0.3, -0.25) is 5.43 Å². The van der Waals surface area contributed by atoms with Gasteiger partial charge in [-0.25, -0.2) is 9.80 Å². The number of esters is 1. The lowest BCUT2D eigenvalue weighted by molar-refractivity contribution is -0.176. The first-order chi connectivity index (χ1) is 11.1. The lowest BCUT2D eigenvalue weighted by Gasteiger charge is -2.36. The molecule has 128 valence electrons. The molecule has 1 saturated carbocycles. The van der Waals surface area contributed by atoms with Crippen LogP contribution in [0.3, 0.4) is 0 Å². The largest absolute Gasteiger partial charge is 0.462 e. The third kappa shape index (κ3) is 4.31. The molecule has 1 aromatic rings. The molecule has 0 aromatic heterocycles. The van der Waals surface area contributed by atoms with Crippen LogP contribution in [0.4, 0.5) is 0 Å². The molecule has 5 nitrogen and oxygen atoms in total. The Hall–Kier alpha value is -1.43. The van der Waals surface area contributed by atoms with Crippen molar-refractivity contribution < 1.29 is 14.6 Å². The summed E-state index contributed by atoms with van der Waals surface area (Å²) in [6, 6.07) is 9.22. The molecule has 0 bridgehead atoms. The van der Waals surface area contributed by atoms with Crippen molar-refractivity contribution in [3.05, 3.63) is 35.9 Å². The van der Waals surface area contributed by atoms with Crippen LogP contribution in [0.25, 0.3) is 0 Å². The minimum atomic E-state index is -1.54. The monoisotopic (exact) mass is 320 g/mol. The van der Waals surface area contributed by atoms with Crippen LogP contribution in [0.5, 0.6) is 0 Å². The van der Waals surface area contributed by atoms with Crippen molar-refractivity contribution in [2.45, 2.75) is 37.7 Å². The highest BCUT2D eigenvalue weighted by Crippen LogP contribution is 2.40. The van der Waals surface area contributed by atoms with E-state index in [0.717, 1.165) is 25.7 Å². The number of ether oxygens (including phenoxy) is 1. The molecule has 0 saturated heterocycles. The molecule has 2 rings (SSSR count). The minimum Gasteiger partial charge on any atom is -0.462 e. The average molecular weight is 320 g/mol. The highest BCUT2D eigenvalue weighted by Gasteiger charge is 2.47. The second-order valence-corrected chi connectivity index (χ2v) is 6.25. The molecule has 1 aliphatic rings. The summed E-state index contributed by atoms with van der Waals surface area (Å²) in [5.74, 6) is -0.603. The molecule has 1 fully saturated rings. The summed E-state index contributed by atoms with van der Waals surface area (Å²) in [6.07, 6.45) is 4.99. The van der Waals surface area contributed by atoms with Gasteiger partial charge in [0.05, 0.1) is 0 Å². The van der Waals surface area contributed by atoms with Crippen molar-refractivity contribution in [1.29, 1.82) is 0 Å². The van der Waals surface area contributed by atoms with E-state index in [2.05, 4.69) is 5.43 Å². The second kappa shape index (κ2) is 8.43. The van der Waals surface area contributed by atoms with Crippen molar-refractivity contribution in [2.75, 3.05) is 27.2 Å². The van der Waals surface area contributed by atoms with Crippen molar-refractivity contribution in [1.82, 2.24) is 10.4 Å². The number of rotatable bonds is 7. The van der Waals surface area contributed by atoms with Crippen LogP contribution >= 0.6 is 0 Å². The van der Waals surface area contributed by atoms with E-state index < -0.39 is 11.6 Å². The van der Waals surface area contributed by atoms with Crippen LogP contribution in [0.1, 0.15) is 37.7 Å². The smallest absolute Gasteiger partial charge is 0.343 e. The van der Waals surface area contributed by atoms with Crippen molar-refractivity contribution >= 4 is 5.97 Å². The Bertz CT molecular complexity index is 488. The zero-order valence-corrected chi connectivity index (χ0v) is 14.1. The fraction of sp³-hybridized carbons (Fsp3) is 0.611. The van der Waals surface area contributed by atoms with E-state index in [0.29, 0.717) is 12.1 Å². The Kier molecular flexibility index (Phi) is 6.57. The number of aliphatic hydroxyl groups is 1. The Morgan fingerprint density at radius 1 is 1.30 bits per heavy atom. The average Bonchev–Trinajstić information content (AvgIpc) is 2.62. The molecular formula is C18H28N2O3. The number of hydrogen-bond donors (Lipinski definition) is 2. The predicted octanol–water partition coefficient (Wildman–Crippen LogP) is 2.06. The number of nitrogens with zero attached hydrogens (tertiary/aromatic N) is 1. The molecule has 2 N–H and O–H groups in total. The third-order valence-corrected chi connectivity index (χ3v) is 4.76. The van der Waals surface area contributed by atoms with Crippen molar-refractivity contribution in [2.24, 2.45) is 5.92 Å². The molecule has 0 spiro atoms. The fourth-order valence-electron chi connectivity index (χ4n) is 3.23. The van der Waals surface area contributed by atoms with E-state index in [1.807, 2.05) is 49.4 Å². The summed E-state index contributed by atoms with van der Waals surface area (Å²) in [5.41, 5.74) is 2.05. The molecule has 1 aromatic carbocycles. The van der Waals surface area contributed by atoms with Gasteiger partial charge in [0.2, 0.25) is 0 Å². The molecule has 0 heterocycles. The van der Waals surface area contributed by atoms with E-state index in [-0.39, 0.29) is 12.5 Å². The number of carbonyl (C=O) groups excluding carboxylic acids is 1. The lowest BCUT2D eigenvalue weighted by atomic mass is 9.73. The van der Waals surface area contributed by atoms with Crippen LogP contribution in [-0.4, -0.2) is 43.3 Å². The predicted molar refractivity (Wildman–Crippen MR) is 89.6 cm³/mol. The van der Waals surface area contributed by atoms with E-state index in [1.165, 1.54) is 6.42 Å². The van der Waals surface area contributed by atoms with E-state index in [1.54, 1.807) is 0 Å². The van der Waals surface area contributed by atoms with Crippen LogP contribution in [0.15, 0.2) is 30.3 Å². The van der Waals surface area contributed by atoms with E-state index in [4.69, 9.17) is 4.74 Å². The van der Waals surface area contributed by atoms with Crippen molar-refractivity contribution in [3.8, 4) is 0 Å². The first kappa shape index (κ1) is 17.9. The zero-order valence-electron chi connectivity index (χ0n) is 14.1. The van der Waals surface area contributed by atoms with Crippen LogP contribution in [0.2, 0.25) is 0 Å². The first-order valence-electron chi connectivity index (χ1n) is 8.42. The Morgan fingerprint density at radius 3 is 2.57 bits per heavy atom. The molecule has 1 atom stereocenters. The number of hydrogen-bond acceptors (Lipinski definition) is 5. The molecular weight excluding hydrogens is 292 g/mol. The maximum absolute atomic E-state index is 12.7. The number of carbonyl (C=O) groups is 1. The molecule has 5 heteroatoms. The highest BCUT2D eigenvalue weighted by molar-refractivity contribution is 5.81. The van der Waals surface area contributed by atoms with Gasteiger partial charge in [0.25, 0.3) is 0 Å². The van der Waals surface area contributed by atoms with Crippen LogP contribution in [-0.2, 0) is 15.1 Å². The Balaban J connectivity index is 2.14. The molecule has 0 amide bonds. The molecule has 23 heavy (non-hydrogen) atoms. The minimum absolute atomic E-state index is 0.0758. The summed E-state index contributed by atoms with van der Waals surface area (Å²) < 4.78 is 5.42. The molecule has 1 unspecified atom stereocenters. The summed E-state index contributed by atoms with van der Waals surface area (Å²) >= 11 is 0. The first-order valence-corrected chi connectivity index (χ1v) is 8.42. The van der Waals surface area contributed by atoms with E-state index >= 15 is 0 Å². The van der Waals surface area contributed by atoms with Gasteiger partial charge >= 0.3 is 5.97 Å². The number of benzene rings is 1. The van der Waals surface area contributed by atoms with Crippen molar-refractivity contribution in [3.63, 3.8) is 0 Å². The summed E-state index contributed by atoms with van der Waals surface area (Å²) in [6.45, 7) is 0.815. The van der Waals surface area contributed by atoms with Gasteiger partial charge in [0, 0.05) is 19.5 Å². The normalized spacial score (nSPS) is 18.6. The standard InChI is InChI=1S/C18H28N2O3/c1-19-20(2)13-14-23-17(21)18(22,15-9-5-3-6-10-15)16-11-7-4-8-12-16/h3,5-6,9-10,16,19,22H,4,7-8,11-14H2,1-2H3. The third-order valence-electron chi connectivity index (χ3n) is 4.76. The van der Waals surface area contributed by atoms with Crippen LogP contribution < -0.4 is 5.43 Å². The number of nitrogens with one attached hydrogen (secondary N) is 1. The fourth-order valence-corrected chi connectivity index (χ4v) is 3.23. The van der Waals surface area contributed by atoms with Gasteiger partial charge in [-0.05, 0) is 25.5 Å². The molecule has 1 aliphatic carbocycles. The van der Waals surface area contributed by atoms with Gasteiger partial charge < -0.3 is 9.84 Å². The summed E-state index contributed by atoms with van der Waals surface area (Å²) in [7, 11) is 3.68. The Morgan fingerprint density at radius 2 is 1.96 bits per heavy atom.